The van der Waals surface area contributed by atoms with Gasteiger partial charge in [-0.3, -0.25) is 4.90 Å². The average molecular weight is 241 g/mol. The highest BCUT2D eigenvalue weighted by atomic mass is 15.1. The van der Waals surface area contributed by atoms with E-state index in [1.807, 2.05) is 18.2 Å². The molecule has 0 saturated carbocycles. The molecule has 0 aliphatic heterocycles. The Hall–Kier alpha value is -1.84. The van der Waals surface area contributed by atoms with Crippen LogP contribution in [0.5, 0.6) is 0 Å². The molecule has 0 saturated heterocycles. The Balaban J connectivity index is 2.43. The molecule has 0 N–H and O–H groups in total. The summed E-state index contributed by atoms with van der Waals surface area (Å²) in [5.74, 6) is 0. The van der Waals surface area contributed by atoms with Crippen molar-refractivity contribution in [1.82, 2.24) is 4.90 Å². The summed E-state index contributed by atoms with van der Waals surface area (Å²) >= 11 is 0. The zero-order valence-corrected chi connectivity index (χ0v) is 10.7. The first-order valence-electron chi connectivity index (χ1n) is 6.37. The lowest BCUT2D eigenvalue weighted by Crippen LogP contribution is -2.25. The first-order chi connectivity index (χ1) is 8.86. The maximum atomic E-state index is 8.57. The van der Waals surface area contributed by atoms with Crippen molar-refractivity contribution in [1.29, 1.82) is 10.5 Å². The van der Waals surface area contributed by atoms with Crippen LogP contribution in [0.4, 0.5) is 0 Å². The van der Waals surface area contributed by atoms with Gasteiger partial charge in [0.1, 0.15) is 0 Å². The zero-order valence-electron chi connectivity index (χ0n) is 10.7. The van der Waals surface area contributed by atoms with Gasteiger partial charge in [-0.1, -0.05) is 30.3 Å². The molecule has 0 spiro atoms. The molecule has 0 amide bonds. The predicted molar refractivity (Wildman–Crippen MR) is 71.4 cm³/mol. The lowest BCUT2D eigenvalue weighted by molar-refractivity contribution is 0.261. The average Bonchev–Trinajstić information content (AvgIpc) is 2.40. The number of rotatable bonds is 8. The summed E-state index contributed by atoms with van der Waals surface area (Å²) in [5, 5.41) is 17.1. The van der Waals surface area contributed by atoms with Gasteiger partial charge in [0.25, 0.3) is 0 Å². The fourth-order valence-electron chi connectivity index (χ4n) is 1.87. The van der Waals surface area contributed by atoms with E-state index in [1.165, 1.54) is 5.56 Å². The predicted octanol–water partition coefficient (Wildman–Crippen LogP) is 3.10. The molecule has 0 radical (unpaired) electrons. The third kappa shape index (κ3) is 6.03. The summed E-state index contributed by atoms with van der Waals surface area (Å²) in [6, 6.07) is 14.7. The molecule has 0 aliphatic carbocycles. The number of unbranched alkanes of at least 4 members (excludes halogenated alkanes) is 2. The number of nitriles is 2. The fourth-order valence-corrected chi connectivity index (χ4v) is 1.87. The SMILES string of the molecule is N#CCCCN(CCCC#N)Cc1ccccc1. The van der Waals surface area contributed by atoms with Gasteiger partial charge in [-0.15, -0.1) is 0 Å². The molecule has 1 rings (SSSR count). The molecule has 1 aromatic carbocycles. The van der Waals surface area contributed by atoms with Crippen LogP contribution in [-0.4, -0.2) is 18.0 Å². The minimum absolute atomic E-state index is 0.601. The summed E-state index contributed by atoms with van der Waals surface area (Å²) in [4.78, 5) is 2.32. The van der Waals surface area contributed by atoms with E-state index in [0.717, 1.165) is 32.5 Å². The minimum Gasteiger partial charge on any atom is -0.299 e. The maximum Gasteiger partial charge on any atom is 0.0622 e. The second kappa shape index (κ2) is 9.22. The van der Waals surface area contributed by atoms with E-state index in [1.54, 1.807) is 0 Å². The van der Waals surface area contributed by atoms with Gasteiger partial charge in [0.15, 0.2) is 0 Å². The van der Waals surface area contributed by atoms with Gasteiger partial charge >= 0.3 is 0 Å². The fraction of sp³-hybridized carbons (Fsp3) is 0.467. The van der Waals surface area contributed by atoms with Crippen LogP contribution in [0.15, 0.2) is 30.3 Å². The number of benzene rings is 1. The molecule has 0 heterocycles. The van der Waals surface area contributed by atoms with Crippen LogP contribution < -0.4 is 0 Å². The molecular weight excluding hydrogens is 222 g/mol. The first-order valence-corrected chi connectivity index (χ1v) is 6.37. The van der Waals surface area contributed by atoms with Crippen molar-refractivity contribution in [3.8, 4) is 12.1 Å². The van der Waals surface area contributed by atoms with Crippen molar-refractivity contribution in [3.05, 3.63) is 35.9 Å². The van der Waals surface area contributed by atoms with Gasteiger partial charge in [0, 0.05) is 19.4 Å². The summed E-state index contributed by atoms with van der Waals surface area (Å²) < 4.78 is 0. The van der Waals surface area contributed by atoms with Gasteiger partial charge in [-0.05, 0) is 31.5 Å². The Morgan fingerprint density at radius 3 is 1.94 bits per heavy atom. The van der Waals surface area contributed by atoms with Crippen LogP contribution in [0.25, 0.3) is 0 Å². The van der Waals surface area contributed by atoms with Gasteiger partial charge in [-0.25, -0.2) is 0 Å². The molecule has 3 nitrogen and oxygen atoms in total. The highest BCUT2D eigenvalue weighted by molar-refractivity contribution is 5.14. The second-order valence-electron chi connectivity index (χ2n) is 4.29. The van der Waals surface area contributed by atoms with Crippen molar-refractivity contribution < 1.29 is 0 Å². The number of hydrogen-bond acceptors (Lipinski definition) is 3. The molecular formula is C15H19N3. The maximum absolute atomic E-state index is 8.57. The molecule has 18 heavy (non-hydrogen) atoms. The van der Waals surface area contributed by atoms with E-state index in [9.17, 15) is 0 Å². The smallest absolute Gasteiger partial charge is 0.0622 e. The van der Waals surface area contributed by atoms with Gasteiger partial charge < -0.3 is 0 Å². The van der Waals surface area contributed by atoms with Crippen molar-refractivity contribution in [2.24, 2.45) is 0 Å². The van der Waals surface area contributed by atoms with Crippen LogP contribution in [0, 0.1) is 22.7 Å². The molecule has 0 aromatic heterocycles. The molecule has 0 fully saturated rings. The third-order valence-corrected chi connectivity index (χ3v) is 2.77. The largest absolute Gasteiger partial charge is 0.299 e. The number of hydrogen-bond donors (Lipinski definition) is 0. The summed E-state index contributed by atoms with van der Waals surface area (Å²) in [6.07, 6.45) is 3.00. The highest BCUT2D eigenvalue weighted by Gasteiger charge is 2.05. The quantitative estimate of drug-likeness (QED) is 0.657. The Morgan fingerprint density at radius 1 is 0.889 bits per heavy atom. The van der Waals surface area contributed by atoms with Crippen molar-refractivity contribution in [3.63, 3.8) is 0 Å². The minimum atomic E-state index is 0.601. The first kappa shape index (κ1) is 14.2. The molecule has 0 bridgehead atoms. The van der Waals surface area contributed by atoms with E-state index >= 15 is 0 Å². The van der Waals surface area contributed by atoms with Crippen molar-refractivity contribution in [2.45, 2.75) is 32.2 Å². The second-order valence-corrected chi connectivity index (χ2v) is 4.29. The molecule has 0 unspecified atom stereocenters. The molecule has 94 valence electrons. The van der Waals surface area contributed by atoms with Crippen LogP contribution in [-0.2, 0) is 6.54 Å². The van der Waals surface area contributed by atoms with E-state index in [-0.39, 0.29) is 0 Å². The van der Waals surface area contributed by atoms with Crippen molar-refractivity contribution in [2.75, 3.05) is 13.1 Å². The standard InChI is InChI=1S/C15H19N3/c16-10-4-6-12-18(13-7-5-11-17)14-15-8-2-1-3-9-15/h1-3,8-9H,4-7,12-14H2. The van der Waals surface area contributed by atoms with E-state index in [2.05, 4.69) is 29.2 Å². The van der Waals surface area contributed by atoms with E-state index < -0.39 is 0 Å². The van der Waals surface area contributed by atoms with Crippen LogP contribution in [0.2, 0.25) is 0 Å². The lowest BCUT2D eigenvalue weighted by Gasteiger charge is -2.21. The Kier molecular flexibility index (Phi) is 7.28. The lowest BCUT2D eigenvalue weighted by atomic mass is 10.2. The summed E-state index contributed by atoms with van der Waals surface area (Å²) in [6.45, 7) is 2.75. The van der Waals surface area contributed by atoms with Gasteiger partial charge in [0.2, 0.25) is 0 Å². The third-order valence-electron chi connectivity index (χ3n) is 2.77. The Labute approximate surface area is 109 Å². The van der Waals surface area contributed by atoms with Crippen LogP contribution in [0.3, 0.4) is 0 Å². The van der Waals surface area contributed by atoms with E-state index in [4.69, 9.17) is 10.5 Å². The molecule has 1 aromatic rings. The monoisotopic (exact) mass is 241 g/mol. The molecule has 3 heteroatoms. The molecule has 0 atom stereocenters. The number of nitrogens with zero attached hydrogens (tertiary/aromatic N) is 3. The topological polar surface area (TPSA) is 50.8 Å². The Bertz CT molecular complexity index is 380. The summed E-state index contributed by atoms with van der Waals surface area (Å²) in [7, 11) is 0. The van der Waals surface area contributed by atoms with Gasteiger partial charge in [-0.2, -0.15) is 10.5 Å². The zero-order chi connectivity index (χ0) is 13.1. The summed E-state index contributed by atoms with van der Waals surface area (Å²) in [5.41, 5.74) is 1.28. The van der Waals surface area contributed by atoms with Crippen molar-refractivity contribution >= 4 is 0 Å². The normalized spacial score (nSPS) is 9.94. The van der Waals surface area contributed by atoms with Gasteiger partial charge in [0.05, 0.1) is 12.1 Å². The Morgan fingerprint density at radius 2 is 1.44 bits per heavy atom. The molecule has 0 aliphatic rings. The van der Waals surface area contributed by atoms with Crippen LogP contribution in [0.1, 0.15) is 31.2 Å². The van der Waals surface area contributed by atoms with E-state index in [0.29, 0.717) is 12.8 Å². The highest BCUT2D eigenvalue weighted by Crippen LogP contribution is 2.07. The van der Waals surface area contributed by atoms with Crippen LogP contribution >= 0.6 is 0 Å².